The molecule has 0 fully saturated rings. The highest BCUT2D eigenvalue weighted by molar-refractivity contribution is 9.09. The molecule has 0 bridgehead atoms. The fourth-order valence-corrected chi connectivity index (χ4v) is 2.99. The summed E-state index contributed by atoms with van der Waals surface area (Å²) in [7, 11) is 1.65. The molecule has 0 aromatic heterocycles. The molecule has 0 N–H and O–H groups in total. The molecule has 0 aliphatic rings. The van der Waals surface area contributed by atoms with Crippen molar-refractivity contribution in [1.29, 1.82) is 0 Å². The van der Waals surface area contributed by atoms with E-state index in [0.29, 0.717) is 12.5 Å². The molecule has 90 valence electrons. The molecule has 16 heavy (non-hydrogen) atoms. The van der Waals surface area contributed by atoms with Gasteiger partial charge in [-0.1, -0.05) is 44.0 Å². The van der Waals surface area contributed by atoms with Gasteiger partial charge in [0, 0.05) is 10.7 Å². The first-order valence-corrected chi connectivity index (χ1v) is 7.43. The fraction of sp³-hybridized carbons (Fsp3) is 0.500. The lowest BCUT2D eigenvalue weighted by atomic mass is 10.1. The van der Waals surface area contributed by atoms with Crippen LogP contribution in [-0.4, -0.2) is 24.4 Å². The summed E-state index contributed by atoms with van der Waals surface area (Å²) in [5.41, 5.74) is 0. The molecule has 0 heterocycles. The summed E-state index contributed by atoms with van der Waals surface area (Å²) in [4.78, 5) is 0. The Kier molecular flexibility index (Phi) is 6.88. The van der Waals surface area contributed by atoms with Gasteiger partial charge in [-0.2, -0.15) is 0 Å². The van der Waals surface area contributed by atoms with Gasteiger partial charge in [0.05, 0.1) is 13.7 Å². The van der Waals surface area contributed by atoms with Crippen LogP contribution in [0.2, 0.25) is 0 Å². The molecule has 0 aliphatic heterocycles. The van der Waals surface area contributed by atoms with E-state index in [-0.39, 0.29) is 0 Å². The van der Waals surface area contributed by atoms with Crippen LogP contribution in [0, 0.1) is 5.92 Å². The van der Waals surface area contributed by atoms with Gasteiger partial charge in [0.2, 0.25) is 0 Å². The molecule has 0 atom stereocenters. The molecule has 1 rings (SSSR count). The minimum absolute atomic E-state index is 0.606. The second-order valence-electron chi connectivity index (χ2n) is 3.46. The Bertz CT molecular complexity index is 301. The van der Waals surface area contributed by atoms with Crippen molar-refractivity contribution in [2.24, 2.45) is 5.92 Å². The molecule has 0 saturated carbocycles. The van der Waals surface area contributed by atoms with E-state index in [2.05, 4.69) is 31.9 Å². The summed E-state index contributed by atoms with van der Waals surface area (Å²) in [6.45, 7) is 0.711. The molecule has 2 nitrogen and oxygen atoms in total. The van der Waals surface area contributed by atoms with E-state index in [1.807, 2.05) is 24.3 Å². The minimum Gasteiger partial charge on any atom is -0.493 e. The molecule has 0 unspecified atom stereocenters. The predicted octanol–water partition coefficient (Wildman–Crippen LogP) is 3.87. The summed E-state index contributed by atoms with van der Waals surface area (Å²) >= 11 is 6.96. The zero-order valence-electron chi connectivity index (χ0n) is 9.29. The van der Waals surface area contributed by atoms with Crippen LogP contribution in [0.1, 0.15) is 6.42 Å². The molecule has 1 aromatic rings. The van der Waals surface area contributed by atoms with Gasteiger partial charge >= 0.3 is 0 Å². The minimum atomic E-state index is 0.606. The molecule has 4 heteroatoms. The average Bonchev–Trinajstić information content (AvgIpc) is 2.35. The van der Waals surface area contributed by atoms with Crippen molar-refractivity contribution in [1.82, 2.24) is 0 Å². The standard InChI is InChI=1S/C12H16Br2O2/c1-15-11-4-2-3-5-12(11)16-7-6-10(8-13)9-14/h2-5,10H,6-9H2,1H3. The number of benzene rings is 1. The zero-order chi connectivity index (χ0) is 11.8. The van der Waals surface area contributed by atoms with E-state index in [9.17, 15) is 0 Å². The van der Waals surface area contributed by atoms with Crippen LogP contribution in [0.4, 0.5) is 0 Å². The number of para-hydroxylation sites is 2. The second kappa shape index (κ2) is 7.96. The summed E-state index contributed by atoms with van der Waals surface area (Å²) < 4.78 is 10.9. The SMILES string of the molecule is COc1ccccc1OCCC(CBr)CBr. The molecule has 0 saturated heterocycles. The second-order valence-corrected chi connectivity index (χ2v) is 4.76. The van der Waals surface area contributed by atoms with Crippen molar-refractivity contribution in [3.8, 4) is 11.5 Å². The van der Waals surface area contributed by atoms with Crippen LogP contribution < -0.4 is 9.47 Å². The number of alkyl halides is 2. The lowest BCUT2D eigenvalue weighted by molar-refractivity contribution is 0.275. The van der Waals surface area contributed by atoms with Gasteiger partial charge in [0.15, 0.2) is 11.5 Å². The Morgan fingerprint density at radius 3 is 2.31 bits per heavy atom. The maximum atomic E-state index is 5.70. The van der Waals surface area contributed by atoms with E-state index >= 15 is 0 Å². The molecule has 0 amide bonds. The number of methoxy groups -OCH3 is 1. The highest BCUT2D eigenvalue weighted by Crippen LogP contribution is 2.26. The van der Waals surface area contributed by atoms with Gasteiger partial charge in [0.1, 0.15) is 0 Å². The Morgan fingerprint density at radius 1 is 1.12 bits per heavy atom. The largest absolute Gasteiger partial charge is 0.493 e. The van der Waals surface area contributed by atoms with E-state index in [1.165, 1.54) is 0 Å². The van der Waals surface area contributed by atoms with Crippen LogP contribution in [-0.2, 0) is 0 Å². The van der Waals surface area contributed by atoms with Gasteiger partial charge < -0.3 is 9.47 Å². The number of hydrogen-bond donors (Lipinski definition) is 0. The first-order chi connectivity index (χ1) is 7.81. The molecule has 0 spiro atoms. The normalized spacial score (nSPS) is 10.5. The van der Waals surface area contributed by atoms with E-state index < -0.39 is 0 Å². The third kappa shape index (κ3) is 4.34. The topological polar surface area (TPSA) is 18.5 Å². The van der Waals surface area contributed by atoms with Crippen molar-refractivity contribution >= 4 is 31.9 Å². The third-order valence-electron chi connectivity index (χ3n) is 2.29. The Balaban J connectivity index is 2.42. The van der Waals surface area contributed by atoms with Crippen LogP contribution in [0.25, 0.3) is 0 Å². The summed E-state index contributed by atoms with van der Waals surface area (Å²) in [5, 5.41) is 1.99. The predicted molar refractivity (Wildman–Crippen MR) is 74.2 cm³/mol. The smallest absolute Gasteiger partial charge is 0.161 e. The highest BCUT2D eigenvalue weighted by Gasteiger charge is 2.07. The van der Waals surface area contributed by atoms with Crippen LogP contribution in [0.5, 0.6) is 11.5 Å². The van der Waals surface area contributed by atoms with Crippen molar-refractivity contribution in [3.63, 3.8) is 0 Å². The first kappa shape index (κ1) is 13.8. The maximum Gasteiger partial charge on any atom is 0.161 e. The summed E-state index contributed by atoms with van der Waals surface area (Å²) in [6, 6.07) is 7.72. The first-order valence-electron chi connectivity index (χ1n) is 5.19. The molecular formula is C12H16Br2O2. The van der Waals surface area contributed by atoms with Crippen molar-refractivity contribution in [3.05, 3.63) is 24.3 Å². The quantitative estimate of drug-likeness (QED) is 0.694. The fourth-order valence-electron chi connectivity index (χ4n) is 1.27. The summed E-state index contributed by atoms with van der Waals surface area (Å²) in [5.74, 6) is 2.21. The molecule has 0 aliphatic carbocycles. The molecular weight excluding hydrogens is 336 g/mol. The monoisotopic (exact) mass is 350 g/mol. The molecule has 0 radical (unpaired) electrons. The molecule has 1 aromatic carbocycles. The van der Waals surface area contributed by atoms with Gasteiger partial charge in [-0.05, 0) is 24.5 Å². The highest BCUT2D eigenvalue weighted by atomic mass is 79.9. The maximum absolute atomic E-state index is 5.70. The lowest BCUT2D eigenvalue weighted by Crippen LogP contribution is -2.09. The van der Waals surface area contributed by atoms with E-state index in [0.717, 1.165) is 28.6 Å². The van der Waals surface area contributed by atoms with Crippen LogP contribution in [0.15, 0.2) is 24.3 Å². The average molecular weight is 352 g/mol. The number of ether oxygens (including phenoxy) is 2. The van der Waals surface area contributed by atoms with Crippen LogP contribution >= 0.6 is 31.9 Å². The van der Waals surface area contributed by atoms with E-state index in [4.69, 9.17) is 9.47 Å². The zero-order valence-corrected chi connectivity index (χ0v) is 12.5. The van der Waals surface area contributed by atoms with Gasteiger partial charge in [-0.25, -0.2) is 0 Å². The number of hydrogen-bond acceptors (Lipinski definition) is 2. The van der Waals surface area contributed by atoms with Gasteiger partial charge in [0.25, 0.3) is 0 Å². The van der Waals surface area contributed by atoms with Gasteiger partial charge in [-0.3, -0.25) is 0 Å². The van der Waals surface area contributed by atoms with Crippen LogP contribution in [0.3, 0.4) is 0 Å². The van der Waals surface area contributed by atoms with Crippen molar-refractivity contribution in [2.45, 2.75) is 6.42 Å². The third-order valence-corrected chi connectivity index (χ3v) is 4.12. The van der Waals surface area contributed by atoms with E-state index in [1.54, 1.807) is 7.11 Å². The number of rotatable bonds is 7. The van der Waals surface area contributed by atoms with Gasteiger partial charge in [-0.15, -0.1) is 0 Å². The van der Waals surface area contributed by atoms with Crippen molar-refractivity contribution < 1.29 is 9.47 Å². The Hall–Kier alpha value is -0.220. The Labute approximate surface area is 114 Å². The number of halogens is 2. The Morgan fingerprint density at radius 2 is 1.75 bits per heavy atom. The summed E-state index contributed by atoms with van der Waals surface area (Å²) in [6.07, 6.45) is 1.02. The van der Waals surface area contributed by atoms with Crippen molar-refractivity contribution in [2.75, 3.05) is 24.4 Å². The lowest BCUT2D eigenvalue weighted by Gasteiger charge is -2.13.